The number of anilines is 1. The first kappa shape index (κ1) is 10.1. The Morgan fingerprint density at radius 2 is 2.31 bits per heavy atom. The lowest BCUT2D eigenvalue weighted by atomic mass is 10.4. The average molecular weight is 202 g/mol. The van der Waals surface area contributed by atoms with E-state index in [2.05, 4.69) is 22.5 Å². The lowest BCUT2D eigenvalue weighted by molar-refractivity contribution is 0.838. The Hall–Kier alpha value is -0.950. The topological polar surface area (TPSA) is 94.8 Å². The molecular formula is C6H14N6S. The smallest absolute Gasteiger partial charge is 0.258 e. The van der Waals surface area contributed by atoms with Crippen molar-refractivity contribution >= 4 is 17.7 Å². The number of hydrogen-bond donors (Lipinski definition) is 3. The van der Waals surface area contributed by atoms with Crippen molar-refractivity contribution in [3.8, 4) is 0 Å². The van der Waals surface area contributed by atoms with Gasteiger partial charge in [0.25, 0.3) is 5.95 Å². The average Bonchev–Trinajstić information content (AvgIpc) is 2.48. The Labute approximate surface area is 81.0 Å². The maximum atomic E-state index is 5.62. The molecule has 0 bridgehead atoms. The van der Waals surface area contributed by atoms with E-state index in [1.807, 2.05) is 0 Å². The van der Waals surface area contributed by atoms with Crippen LogP contribution < -0.4 is 17.1 Å². The molecule has 0 saturated carbocycles. The normalized spacial score (nSPS) is 10.3. The van der Waals surface area contributed by atoms with Gasteiger partial charge in [0.05, 0.1) is 0 Å². The summed E-state index contributed by atoms with van der Waals surface area (Å²) in [5.74, 6) is 12.2. The first-order valence-corrected chi connectivity index (χ1v) is 5.08. The van der Waals surface area contributed by atoms with Gasteiger partial charge in [-0.05, 0) is 6.42 Å². The van der Waals surface area contributed by atoms with Crippen molar-refractivity contribution in [2.75, 3.05) is 17.0 Å². The molecule has 0 fully saturated rings. The lowest BCUT2D eigenvalue weighted by Gasteiger charge is -2.01. The highest BCUT2D eigenvalue weighted by molar-refractivity contribution is 7.99. The van der Waals surface area contributed by atoms with Gasteiger partial charge in [0.15, 0.2) is 0 Å². The molecule has 1 aromatic heterocycles. The van der Waals surface area contributed by atoms with E-state index in [-0.39, 0.29) is 0 Å². The summed E-state index contributed by atoms with van der Waals surface area (Å²) >= 11 is 1.58. The van der Waals surface area contributed by atoms with Crippen molar-refractivity contribution in [1.29, 1.82) is 0 Å². The van der Waals surface area contributed by atoms with Gasteiger partial charge in [-0.2, -0.15) is 0 Å². The minimum atomic E-state index is 0.374. The van der Waals surface area contributed by atoms with Crippen LogP contribution in [0, 0.1) is 0 Å². The standard InChI is InChI=1S/C6H14N6S/c1-2-3-4-13-6-11-10-5(9-7)12(6)8/h2-4,7-8H2,1H3,(H,9,10). The van der Waals surface area contributed by atoms with Crippen molar-refractivity contribution in [2.45, 2.75) is 24.9 Å². The number of nitrogens with two attached hydrogens (primary N) is 2. The van der Waals surface area contributed by atoms with Gasteiger partial charge < -0.3 is 5.84 Å². The maximum absolute atomic E-state index is 5.62. The number of hydrogen-bond acceptors (Lipinski definition) is 6. The molecule has 1 rings (SSSR count). The van der Waals surface area contributed by atoms with Crippen LogP contribution in [0.4, 0.5) is 5.95 Å². The van der Waals surface area contributed by atoms with E-state index in [1.54, 1.807) is 11.8 Å². The third kappa shape index (κ3) is 2.49. The van der Waals surface area contributed by atoms with Gasteiger partial charge in [-0.25, -0.2) is 10.5 Å². The van der Waals surface area contributed by atoms with Crippen LogP contribution in [0.2, 0.25) is 0 Å². The molecule has 7 heteroatoms. The molecule has 74 valence electrons. The van der Waals surface area contributed by atoms with E-state index in [0.29, 0.717) is 11.1 Å². The second-order valence-corrected chi connectivity index (χ2v) is 3.58. The van der Waals surface area contributed by atoms with Gasteiger partial charge >= 0.3 is 0 Å². The molecule has 0 aliphatic heterocycles. The zero-order chi connectivity index (χ0) is 9.68. The fourth-order valence-corrected chi connectivity index (χ4v) is 1.72. The Morgan fingerprint density at radius 3 is 2.85 bits per heavy atom. The van der Waals surface area contributed by atoms with Gasteiger partial charge in [-0.3, -0.25) is 5.43 Å². The summed E-state index contributed by atoms with van der Waals surface area (Å²) in [4.78, 5) is 0. The van der Waals surface area contributed by atoms with Crippen LogP contribution in [0.25, 0.3) is 0 Å². The molecule has 0 saturated heterocycles. The number of nitrogen functional groups attached to an aromatic ring is 2. The molecule has 1 aromatic rings. The Balaban J connectivity index is 2.51. The van der Waals surface area contributed by atoms with Gasteiger partial charge in [0.2, 0.25) is 5.16 Å². The monoisotopic (exact) mass is 202 g/mol. The SMILES string of the molecule is CCCCSc1nnc(NN)n1N. The van der Waals surface area contributed by atoms with E-state index in [4.69, 9.17) is 11.7 Å². The molecule has 1 heterocycles. The minimum absolute atomic E-state index is 0.374. The molecule has 0 aliphatic carbocycles. The van der Waals surface area contributed by atoms with Gasteiger partial charge in [-0.1, -0.05) is 25.1 Å². The zero-order valence-electron chi connectivity index (χ0n) is 7.53. The summed E-state index contributed by atoms with van der Waals surface area (Å²) in [6.45, 7) is 2.14. The van der Waals surface area contributed by atoms with Crippen LogP contribution in [0.1, 0.15) is 19.8 Å². The highest BCUT2D eigenvalue weighted by atomic mass is 32.2. The van der Waals surface area contributed by atoms with Gasteiger partial charge in [-0.15, -0.1) is 10.2 Å². The van der Waals surface area contributed by atoms with Crippen LogP contribution in [0.3, 0.4) is 0 Å². The molecule has 5 N–H and O–H groups in total. The van der Waals surface area contributed by atoms with Crippen molar-refractivity contribution < 1.29 is 0 Å². The molecule has 0 aliphatic rings. The first-order chi connectivity index (χ1) is 6.29. The fourth-order valence-electron chi connectivity index (χ4n) is 0.782. The van der Waals surface area contributed by atoms with Crippen molar-refractivity contribution in [3.63, 3.8) is 0 Å². The quantitative estimate of drug-likeness (QED) is 0.273. The van der Waals surface area contributed by atoms with Crippen LogP contribution in [0.15, 0.2) is 5.16 Å². The van der Waals surface area contributed by atoms with E-state index in [0.717, 1.165) is 18.6 Å². The molecule has 0 amide bonds. The number of unbranched alkanes of at least 4 members (excludes halogenated alkanes) is 1. The molecule has 6 nitrogen and oxygen atoms in total. The van der Waals surface area contributed by atoms with Crippen LogP contribution in [-0.4, -0.2) is 20.6 Å². The Bertz CT molecular complexity index is 260. The van der Waals surface area contributed by atoms with Gasteiger partial charge in [0.1, 0.15) is 0 Å². The van der Waals surface area contributed by atoms with E-state index >= 15 is 0 Å². The second-order valence-electron chi connectivity index (χ2n) is 2.52. The van der Waals surface area contributed by atoms with Crippen LogP contribution >= 0.6 is 11.8 Å². The summed E-state index contributed by atoms with van der Waals surface area (Å²) in [7, 11) is 0. The van der Waals surface area contributed by atoms with E-state index < -0.39 is 0 Å². The number of nitrogens with one attached hydrogen (secondary N) is 1. The minimum Gasteiger partial charge on any atom is -0.334 e. The lowest BCUT2D eigenvalue weighted by Crippen LogP contribution is -2.18. The molecule has 13 heavy (non-hydrogen) atoms. The maximum Gasteiger partial charge on any atom is 0.258 e. The molecule has 0 spiro atoms. The summed E-state index contributed by atoms with van der Waals surface area (Å²) < 4.78 is 1.35. The Morgan fingerprint density at radius 1 is 1.54 bits per heavy atom. The number of hydrazine groups is 1. The molecule has 0 unspecified atom stereocenters. The van der Waals surface area contributed by atoms with Crippen LogP contribution in [0.5, 0.6) is 0 Å². The number of rotatable bonds is 5. The van der Waals surface area contributed by atoms with Crippen molar-refractivity contribution in [3.05, 3.63) is 0 Å². The second kappa shape index (κ2) is 4.93. The van der Waals surface area contributed by atoms with Gasteiger partial charge in [0, 0.05) is 5.75 Å². The van der Waals surface area contributed by atoms with Crippen molar-refractivity contribution in [1.82, 2.24) is 14.9 Å². The zero-order valence-corrected chi connectivity index (χ0v) is 8.34. The summed E-state index contributed by atoms with van der Waals surface area (Å²) in [6, 6.07) is 0. The third-order valence-corrected chi connectivity index (χ3v) is 2.55. The molecule has 0 radical (unpaired) electrons. The summed E-state index contributed by atoms with van der Waals surface area (Å²) in [5, 5.41) is 8.29. The predicted molar refractivity (Wildman–Crippen MR) is 53.6 cm³/mol. The number of nitrogens with zero attached hydrogens (tertiary/aromatic N) is 3. The van der Waals surface area contributed by atoms with Crippen molar-refractivity contribution in [2.24, 2.45) is 5.84 Å². The summed E-state index contributed by atoms with van der Waals surface area (Å²) in [5.41, 5.74) is 2.36. The summed E-state index contributed by atoms with van der Waals surface area (Å²) in [6.07, 6.45) is 2.30. The highest BCUT2D eigenvalue weighted by Crippen LogP contribution is 2.17. The van der Waals surface area contributed by atoms with E-state index in [9.17, 15) is 0 Å². The number of aromatic nitrogens is 3. The molecule has 0 atom stereocenters. The van der Waals surface area contributed by atoms with Crippen LogP contribution in [-0.2, 0) is 0 Å². The predicted octanol–water partition coefficient (Wildman–Crippen LogP) is 0.170. The third-order valence-electron chi connectivity index (χ3n) is 1.52. The first-order valence-electron chi connectivity index (χ1n) is 4.09. The number of thioether (sulfide) groups is 1. The largest absolute Gasteiger partial charge is 0.334 e. The Kier molecular flexibility index (Phi) is 3.84. The fraction of sp³-hybridized carbons (Fsp3) is 0.667. The van der Waals surface area contributed by atoms with E-state index in [1.165, 1.54) is 4.68 Å². The highest BCUT2D eigenvalue weighted by Gasteiger charge is 2.07. The molecule has 0 aromatic carbocycles. The molecular weight excluding hydrogens is 188 g/mol.